The third kappa shape index (κ3) is 5.17. The summed E-state index contributed by atoms with van der Waals surface area (Å²) in [5, 5.41) is 2.64. The summed E-state index contributed by atoms with van der Waals surface area (Å²) in [7, 11) is 2.93. The molecule has 0 unspecified atom stereocenters. The van der Waals surface area contributed by atoms with Gasteiger partial charge in [0, 0.05) is 12.7 Å². The Morgan fingerprint density at radius 1 is 1.12 bits per heavy atom. The van der Waals surface area contributed by atoms with Gasteiger partial charge in [-0.3, -0.25) is 9.59 Å². The number of hydrogen-bond acceptors (Lipinski definition) is 4. The number of anilines is 1. The average molecular weight is 364 g/mol. The fraction of sp³-hybridized carbons (Fsp3) is 0.222. The number of halogens is 2. The molecule has 0 spiro atoms. The maximum atomic E-state index is 12.5. The highest BCUT2D eigenvalue weighted by Gasteiger charge is 2.20. The second-order valence-corrected chi connectivity index (χ2v) is 5.31. The minimum absolute atomic E-state index is 0.0486. The summed E-state index contributed by atoms with van der Waals surface area (Å²) in [6.07, 6.45) is 0. The van der Waals surface area contributed by atoms with Gasteiger partial charge in [-0.2, -0.15) is 8.78 Å². The molecule has 2 rings (SSSR count). The van der Waals surface area contributed by atoms with Crippen molar-refractivity contribution >= 4 is 17.5 Å². The SMILES string of the molecule is COc1ccc(NC(=O)CN(C)C(=O)c2ccccc2OC(F)F)cc1. The van der Waals surface area contributed by atoms with Crippen LogP contribution < -0.4 is 14.8 Å². The second kappa shape index (κ2) is 8.80. The van der Waals surface area contributed by atoms with Crippen LogP contribution in [0.3, 0.4) is 0 Å². The van der Waals surface area contributed by atoms with Gasteiger partial charge in [0.1, 0.15) is 11.5 Å². The second-order valence-electron chi connectivity index (χ2n) is 5.31. The van der Waals surface area contributed by atoms with Crippen molar-refractivity contribution in [3.63, 3.8) is 0 Å². The Balaban J connectivity index is 2.01. The number of nitrogens with one attached hydrogen (secondary N) is 1. The molecule has 2 aromatic carbocycles. The van der Waals surface area contributed by atoms with Crippen LogP contribution in [0.25, 0.3) is 0 Å². The van der Waals surface area contributed by atoms with Crippen LogP contribution in [0, 0.1) is 0 Å². The molecule has 0 bridgehead atoms. The van der Waals surface area contributed by atoms with Crippen LogP contribution in [0.2, 0.25) is 0 Å². The average Bonchev–Trinajstić information content (AvgIpc) is 2.61. The molecule has 0 saturated heterocycles. The number of benzene rings is 2. The Bertz CT molecular complexity index is 766. The molecule has 8 heteroatoms. The highest BCUT2D eigenvalue weighted by atomic mass is 19.3. The lowest BCUT2D eigenvalue weighted by atomic mass is 10.2. The Hall–Kier alpha value is -3.16. The Morgan fingerprint density at radius 3 is 2.38 bits per heavy atom. The van der Waals surface area contributed by atoms with E-state index in [1.807, 2.05) is 0 Å². The van der Waals surface area contributed by atoms with Crippen molar-refractivity contribution in [3.8, 4) is 11.5 Å². The number of carbonyl (C=O) groups excluding carboxylic acids is 2. The van der Waals surface area contributed by atoms with E-state index < -0.39 is 18.4 Å². The molecule has 0 atom stereocenters. The molecule has 6 nitrogen and oxygen atoms in total. The van der Waals surface area contributed by atoms with E-state index in [4.69, 9.17) is 4.74 Å². The molecular weight excluding hydrogens is 346 g/mol. The van der Waals surface area contributed by atoms with E-state index in [0.717, 1.165) is 4.90 Å². The first-order valence-electron chi connectivity index (χ1n) is 7.64. The highest BCUT2D eigenvalue weighted by molar-refractivity contribution is 6.00. The molecule has 0 aliphatic heterocycles. The standard InChI is InChI=1S/C18H18F2N2O4/c1-22(11-16(23)21-12-7-9-13(25-2)10-8-12)17(24)14-5-3-4-6-15(14)26-18(19)20/h3-10,18H,11H2,1-2H3,(H,21,23). The number of carbonyl (C=O) groups is 2. The van der Waals surface area contributed by atoms with Crippen LogP contribution in [0.1, 0.15) is 10.4 Å². The lowest BCUT2D eigenvalue weighted by Crippen LogP contribution is -2.35. The van der Waals surface area contributed by atoms with E-state index in [0.29, 0.717) is 11.4 Å². The lowest BCUT2D eigenvalue weighted by molar-refractivity contribution is -0.116. The van der Waals surface area contributed by atoms with Gasteiger partial charge in [0.05, 0.1) is 19.2 Å². The fourth-order valence-corrected chi connectivity index (χ4v) is 2.21. The molecule has 26 heavy (non-hydrogen) atoms. The van der Waals surface area contributed by atoms with Crippen molar-refractivity contribution in [2.75, 3.05) is 26.0 Å². The summed E-state index contributed by atoms with van der Waals surface area (Å²) in [6.45, 7) is -3.30. The highest BCUT2D eigenvalue weighted by Crippen LogP contribution is 2.21. The normalized spacial score (nSPS) is 10.3. The summed E-state index contributed by atoms with van der Waals surface area (Å²) < 4.78 is 34.3. The maximum Gasteiger partial charge on any atom is 0.387 e. The molecule has 0 heterocycles. The van der Waals surface area contributed by atoms with Gasteiger partial charge in [-0.25, -0.2) is 0 Å². The first-order valence-corrected chi connectivity index (χ1v) is 7.64. The van der Waals surface area contributed by atoms with Gasteiger partial charge < -0.3 is 19.7 Å². The predicted molar refractivity (Wildman–Crippen MR) is 91.7 cm³/mol. The van der Waals surface area contributed by atoms with E-state index in [-0.39, 0.29) is 17.9 Å². The molecule has 0 aromatic heterocycles. The molecule has 0 fully saturated rings. The lowest BCUT2D eigenvalue weighted by Gasteiger charge is -2.18. The fourth-order valence-electron chi connectivity index (χ4n) is 2.21. The van der Waals surface area contributed by atoms with Crippen LogP contribution in [-0.4, -0.2) is 44.0 Å². The van der Waals surface area contributed by atoms with Crippen molar-refractivity contribution in [2.24, 2.45) is 0 Å². The molecule has 1 N–H and O–H groups in total. The van der Waals surface area contributed by atoms with Gasteiger partial charge >= 0.3 is 6.61 Å². The van der Waals surface area contributed by atoms with Gasteiger partial charge in [0.2, 0.25) is 5.91 Å². The number of para-hydroxylation sites is 1. The number of ether oxygens (including phenoxy) is 2. The molecule has 0 radical (unpaired) electrons. The van der Waals surface area contributed by atoms with Crippen LogP contribution in [0.15, 0.2) is 48.5 Å². The van der Waals surface area contributed by atoms with Gasteiger partial charge in [0.15, 0.2) is 0 Å². The van der Waals surface area contributed by atoms with Crippen molar-refractivity contribution in [1.82, 2.24) is 4.90 Å². The summed E-state index contributed by atoms with van der Waals surface area (Å²) >= 11 is 0. The van der Waals surface area contributed by atoms with E-state index in [9.17, 15) is 18.4 Å². The topological polar surface area (TPSA) is 67.9 Å². The minimum Gasteiger partial charge on any atom is -0.497 e. The zero-order valence-corrected chi connectivity index (χ0v) is 14.2. The number of alkyl halides is 2. The first kappa shape index (κ1) is 19.2. The van der Waals surface area contributed by atoms with Crippen LogP contribution >= 0.6 is 0 Å². The minimum atomic E-state index is -3.05. The van der Waals surface area contributed by atoms with E-state index in [1.165, 1.54) is 38.4 Å². The zero-order chi connectivity index (χ0) is 19.1. The monoisotopic (exact) mass is 364 g/mol. The van der Waals surface area contributed by atoms with E-state index in [1.54, 1.807) is 24.3 Å². The third-order valence-corrected chi connectivity index (χ3v) is 3.43. The predicted octanol–water partition coefficient (Wildman–Crippen LogP) is 3.01. The van der Waals surface area contributed by atoms with Gasteiger partial charge in [0.25, 0.3) is 5.91 Å². The Labute approximate surface area is 149 Å². The van der Waals surface area contributed by atoms with E-state index in [2.05, 4.69) is 10.1 Å². The molecule has 0 aliphatic rings. The molecule has 138 valence electrons. The van der Waals surface area contributed by atoms with Crippen LogP contribution in [-0.2, 0) is 4.79 Å². The zero-order valence-electron chi connectivity index (χ0n) is 14.2. The van der Waals surface area contributed by atoms with Crippen molar-refractivity contribution in [3.05, 3.63) is 54.1 Å². The third-order valence-electron chi connectivity index (χ3n) is 3.43. The number of amides is 2. The van der Waals surface area contributed by atoms with E-state index >= 15 is 0 Å². The van der Waals surface area contributed by atoms with Gasteiger partial charge in [-0.05, 0) is 36.4 Å². The summed E-state index contributed by atoms with van der Waals surface area (Å²) in [6, 6.07) is 12.3. The van der Waals surface area contributed by atoms with Crippen molar-refractivity contribution in [1.29, 1.82) is 0 Å². The molecular formula is C18H18F2N2O4. The summed E-state index contributed by atoms with van der Waals surface area (Å²) in [5.74, 6) is -0.634. The summed E-state index contributed by atoms with van der Waals surface area (Å²) in [4.78, 5) is 25.6. The number of methoxy groups -OCH3 is 1. The van der Waals surface area contributed by atoms with Gasteiger partial charge in [-0.15, -0.1) is 0 Å². The van der Waals surface area contributed by atoms with Crippen molar-refractivity contribution < 1.29 is 27.8 Å². The molecule has 2 aromatic rings. The Kier molecular flexibility index (Phi) is 6.48. The molecule has 0 aliphatic carbocycles. The quantitative estimate of drug-likeness (QED) is 0.820. The number of likely N-dealkylation sites (N-methyl/N-ethyl adjacent to an activating group) is 1. The van der Waals surface area contributed by atoms with Gasteiger partial charge in [-0.1, -0.05) is 12.1 Å². The Morgan fingerprint density at radius 2 is 1.77 bits per heavy atom. The number of hydrogen-bond donors (Lipinski definition) is 1. The molecule has 2 amide bonds. The van der Waals surface area contributed by atoms with Crippen LogP contribution in [0.5, 0.6) is 11.5 Å². The van der Waals surface area contributed by atoms with Crippen LogP contribution in [0.4, 0.5) is 14.5 Å². The molecule has 0 saturated carbocycles. The smallest absolute Gasteiger partial charge is 0.387 e. The largest absolute Gasteiger partial charge is 0.497 e. The summed E-state index contributed by atoms with van der Waals surface area (Å²) in [5.41, 5.74) is 0.491. The van der Waals surface area contributed by atoms with Crippen molar-refractivity contribution in [2.45, 2.75) is 6.61 Å². The number of rotatable bonds is 7. The maximum absolute atomic E-state index is 12.5. The first-order chi connectivity index (χ1) is 12.4. The number of nitrogens with zero attached hydrogens (tertiary/aromatic N) is 1.